The molecule has 1 aliphatic heterocycles. The number of ether oxygens (including phenoxy) is 1. The van der Waals surface area contributed by atoms with Crippen molar-refractivity contribution in [2.45, 2.75) is 38.8 Å². The monoisotopic (exact) mass is 279 g/mol. The quantitative estimate of drug-likeness (QED) is 0.875. The third-order valence-electron chi connectivity index (χ3n) is 3.37. The molecule has 20 heavy (non-hydrogen) atoms. The number of carboxylic acids is 1. The molecule has 0 aromatic carbocycles. The number of carboxylic acid groups (broad SMARTS) is 1. The zero-order valence-electron chi connectivity index (χ0n) is 12.0. The summed E-state index contributed by atoms with van der Waals surface area (Å²) in [4.78, 5) is 21.8. The molecule has 1 aromatic heterocycles. The maximum atomic E-state index is 10.9. The highest BCUT2D eigenvalue weighted by Crippen LogP contribution is 2.15. The number of nitrogens with zero attached hydrogens (tertiary/aromatic N) is 3. The molecule has 1 aliphatic rings. The first-order valence-corrected chi connectivity index (χ1v) is 6.91. The van der Waals surface area contributed by atoms with Gasteiger partial charge in [0.1, 0.15) is 5.82 Å². The van der Waals surface area contributed by atoms with Gasteiger partial charge in [0.25, 0.3) is 0 Å². The van der Waals surface area contributed by atoms with Crippen molar-refractivity contribution in [1.29, 1.82) is 0 Å². The molecule has 2 heterocycles. The van der Waals surface area contributed by atoms with Crippen molar-refractivity contribution < 1.29 is 14.6 Å². The van der Waals surface area contributed by atoms with Crippen LogP contribution in [0.5, 0.6) is 0 Å². The standard InChI is InChI=1S/C14H21N3O3/c1-10(2)14-15-4-3-11(16-14)8-17-5-6-20-9-12(17)7-13(18)19/h3-4,10,12H,5-9H2,1-2H3,(H,18,19)/t12-/m0/s1. The number of hydrogen-bond donors (Lipinski definition) is 1. The van der Waals surface area contributed by atoms with Gasteiger partial charge in [0.2, 0.25) is 0 Å². The van der Waals surface area contributed by atoms with Crippen molar-refractivity contribution in [3.63, 3.8) is 0 Å². The first kappa shape index (κ1) is 14.9. The lowest BCUT2D eigenvalue weighted by molar-refractivity contribution is -0.140. The van der Waals surface area contributed by atoms with Crippen LogP contribution in [0.3, 0.4) is 0 Å². The summed E-state index contributed by atoms with van der Waals surface area (Å²) in [5.41, 5.74) is 0.931. The smallest absolute Gasteiger partial charge is 0.305 e. The molecule has 0 radical (unpaired) electrons. The van der Waals surface area contributed by atoms with Crippen LogP contribution in [-0.4, -0.2) is 51.7 Å². The van der Waals surface area contributed by atoms with Crippen LogP contribution < -0.4 is 0 Å². The predicted octanol–water partition coefficient (Wildman–Crippen LogP) is 1.28. The van der Waals surface area contributed by atoms with Crippen LogP contribution in [0, 0.1) is 0 Å². The fraction of sp³-hybridized carbons (Fsp3) is 0.643. The van der Waals surface area contributed by atoms with Crippen LogP contribution in [0.1, 0.15) is 37.7 Å². The van der Waals surface area contributed by atoms with E-state index in [4.69, 9.17) is 9.84 Å². The van der Waals surface area contributed by atoms with Crippen LogP contribution >= 0.6 is 0 Å². The van der Waals surface area contributed by atoms with Gasteiger partial charge in [-0.2, -0.15) is 0 Å². The molecule has 1 aromatic rings. The highest BCUT2D eigenvalue weighted by Gasteiger charge is 2.25. The molecule has 1 atom stereocenters. The Morgan fingerprint density at radius 1 is 1.60 bits per heavy atom. The Kier molecular flexibility index (Phi) is 5.03. The molecule has 6 nitrogen and oxygen atoms in total. The van der Waals surface area contributed by atoms with E-state index in [1.807, 2.05) is 6.07 Å². The second-order valence-electron chi connectivity index (χ2n) is 5.36. The topological polar surface area (TPSA) is 75.6 Å². The van der Waals surface area contributed by atoms with E-state index in [0.717, 1.165) is 18.1 Å². The van der Waals surface area contributed by atoms with Crippen molar-refractivity contribution in [2.75, 3.05) is 19.8 Å². The lowest BCUT2D eigenvalue weighted by atomic mass is 10.1. The average molecular weight is 279 g/mol. The van der Waals surface area contributed by atoms with Crippen molar-refractivity contribution >= 4 is 5.97 Å². The Morgan fingerprint density at radius 3 is 3.10 bits per heavy atom. The van der Waals surface area contributed by atoms with E-state index in [1.54, 1.807) is 6.20 Å². The molecule has 1 saturated heterocycles. The first-order chi connectivity index (χ1) is 9.56. The molecule has 0 bridgehead atoms. The van der Waals surface area contributed by atoms with Gasteiger partial charge in [0.05, 0.1) is 25.3 Å². The minimum atomic E-state index is -0.795. The second-order valence-corrected chi connectivity index (χ2v) is 5.36. The summed E-state index contributed by atoms with van der Waals surface area (Å²) in [6.07, 6.45) is 1.87. The first-order valence-electron chi connectivity index (χ1n) is 6.91. The normalized spacial score (nSPS) is 20.2. The van der Waals surface area contributed by atoms with Gasteiger partial charge in [-0.3, -0.25) is 9.69 Å². The van der Waals surface area contributed by atoms with Gasteiger partial charge in [-0.15, -0.1) is 0 Å². The molecule has 2 rings (SSSR count). The van der Waals surface area contributed by atoms with Gasteiger partial charge in [0.15, 0.2) is 0 Å². The molecule has 1 fully saturated rings. The summed E-state index contributed by atoms with van der Waals surface area (Å²) in [6, 6.07) is 1.80. The lowest BCUT2D eigenvalue weighted by Crippen LogP contribution is -2.46. The van der Waals surface area contributed by atoms with Crippen molar-refractivity contribution in [3.05, 3.63) is 23.8 Å². The van der Waals surface area contributed by atoms with E-state index in [-0.39, 0.29) is 18.4 Å². The molecule has 0 spiro atoms. The number of rotatable bonds is 5. The minimum absolute atomic E-state index is 0.0845. The third kappa shape index (κ3) is 3.98. The van der Waals surface area contributed by atoms with Crippen LogP contribution in [-0.2, 0) is 16.1 Å². The summed E-state index contributed by atoms with van der Waals surface area (Å²) < 4.78 is 5.38. The summed E-state index contributed by atoms with van der Waals surface area (Å²) in [5, 5.41) is 8.96. The molecule has 0 amide bonds. The molecule has 6 heteroatoms. The van der Waals surface area contributed by atoms with E-state index in [1.165, 1.54) is 0 Å². The SMILES string of the molecule is CC(C)c1nccc(CN2CCOC[C@@H]2CC(=O)O)n1. The van der Waals surface area contributed by atoms with E-state index < -0.39 is 5.97 Å². The van der Waals surface area contributed by atoms with Gasteiger partial charge in [-0.05, 0) is 6.07 Å². The largest absolute Gasteiger partial charge is 0.481 e. The summed E-state index contributed by atoms with van der Waals surface area (Å²) >= 11 is 0. The zero-order chi connectivity index (χ0) is 14.5. The number of morpholine rings is 1. The fourth-order valence-electron chi connectivity index (χ4n) is 2.27. The van der Waals surface area contributed by atoms with Gasteiger partial charge in [-0.25, -0.2) is 9.97 Å². The van der Waals surface area contributed by atoms with E-state index >= 15 is 0 Å². The Balaban J connectivity index is 2.06. The van der Waals surface area contributed by atoms with E-state index in [2.05, 4.69) is 28.7 Å². The van der Waals surface area contributed by atoms with E-state index in [0.29, 0.717) is 19.8 Å². The zero-order valence-corrected chi connectivity index (χ0v) is 12.0. The van der Waals surface area contributed by atoms with Crippen LogP contribution in [0.2, 0.25) is 0 Å². The molecule has 1 N–H and O–H groups in total. The number of hydrogen-bond acceptors (Lipinski definition) is 5. The minimum Gasteiger partial charge on any atom is -0.481 e. The van der Waals surface area contributed by atoms with Crippen molar-refractivity contribution in [3.8, 4) is 0 Å². The highest BCUT2D eigenvalue weighted by atomic mass is 16.5. The van der Waals surface area contributed by atoms with Crippen LogP contribution in [0.4, 0.5) is 0 Å². The van der Waals surface area contributed by atoms with Gasteiger partial charge < -0.3 is 9.84 Å². The van der Waals surface area contributed by atoms with Crippen LogP contribution in [0.25, 0.3) is 0 Å². The molecule has 0 saturated carbocycles. The molecule has 0 aliphatic carbocycles. The maximum absolute atomic E-state index is 10.9. The maximum Gasteiger partial charge on any atom is 0.305 e. The molecule has 0 unspecified atom stereocenters. The van der Waals surface area contributed by atoms with Crippen LogP contribution in [0.15, 0.2) is 12.3 Å². The fourth-order valence-corrected chi connectivity index (χ4v) is 2.27. The Bertz CT molecular complexity index is 465. The highest BCUT2D eigenvalue weighted by molar-refractivity contribution is 5.67. The lowest BCUT2D eigenvalue weighted by Gasteiger charge is -2.34. The predicted molar refractivity (Wildman–Crippen MR) is 73.4 cm³/mol. The van der Waals surface area contributed by atoms with Crippen molar-refractivity contribution in [1.82, 2.24) is 14.9 Å². The van der Waals surface area contributed by atoms with Gasteiger partial charge in [-0.1, -0.05) is 13.8 Å². The average Bonchev–Trinajstić information content (AvgIpc) is 2.41. The summed E-state index contributed by atoms with van der Waals surface area (Å²) in [6.45, 7) is 6.59. The van der Waals surface area contributed by atoms with E-state index in [9.17, 15) is 4.79 Å². The second kappa shape index (κ2) is 6.76. The van der Waals surface area contributed by atoms with Gasteiger partial charge >= 0.3 is 5.97 Å². The number of aromatic nitrogens is 2. The third-order valence-corrected chi connectivity index (χ3v) is 3.37. The summed E-state index contributed by atoms with van der Waals surface area (Å²) in [7, 11) is 0. The molecular weight excluding hydrogens is 258 g/mol. The Hall–Kier alpha value is -1.53. The Labute approximate surface area is 118 Å². The molecule has 110 valence electrons. The summed E-state index contributed by atoms with van der Waals surface area (Å²) in [5.74, 6) is 0.316. The van der Waals surface area contributed by atoms with Crippen molar-refractivity contribution in [2.24, 2.45) is 0 Å². The number of aliphatic carboxylic acids is 1. The molecular formula is C14H21N3O3. The van der Waals surface area contributed by atoms with Gasteiger partial charge in [0, 0.05) is 31.2 Å². The Morgan fingerprint density at radius 2 is 2.40 bits per heavy atom. The number of carbonyl (C=O) groups is 1.